The third-order valence-electron chi connectivity index (χ3n) is 4.08. The zero-order chi connectivity index (χ0) is 20.1. The number of nitrogens with one attached hydrogen (secondary N) is 2. The summed E-state index contributed by atoms with van der Waals surface area (Å²) < 4.78 is 43.6. The summed E-state index contributed by atoms with van der Waals surface area (Å²) >= 11 is 0. The van der Waals surface area contributed by atoms with Crippen LogP contribution in [0.2, 0.25) is 0 Å². The second kappa shape index (κ2) is 8.42. The van der Waals surface area contributed by atoms with Gasteiger partial charge in [0.25, 0.3) is 0 Å². The molecule has 1 fully saturated rings. The second-order valence-electron chi connectivity index (χ2n) is 6.27. The smallest absolute Gasteiger partial charge is 0.378 e. The lowest BCUT2D eigenvalue weighted by Crippen LogP contribution is -2.37. The van der Waals surface area contributed by atoms with Crippen molar-refractivity contribution in [2.75, 3.05) is 36.5 Å². The van der Waals surface area contributed by atoms with Gasteiger partial charge < -0.3 is 20.3 Å². The van der Waals surface area contributed by atoms with Crippen molar-refractivity contribution in [2.45, 2.75) is 19.6 Å². The lowest BCUT2D eigenvalue weighted by molar-refractivity contribution is -0.137. The Morgan fingerprint density at radius 1 is 1.21 bits per heavy atom. The number of rotatable bonds is 4. The van der Waals surface area contributed by atoms with Gasteiger partial charge >= 0.3 is 12.2 Å². The normalized spacial score (nSPS) is 14.6. The van der Waals surface area contributed by atoms with E-state index in [-0.39, 0.29) is 12.2 Å². The highest BCUT2D eigenvalue weighted by molar-refractivity contribution is 5.89. The van der Waals surface area contributed by atoms with Gasteiger partial charge in [-0.3, -0.25) is 0 Å². The fraction of sp³-hybridized carbons (Fsp3) is 0.389. The summed E-state index contributed by atoms with van der Waals surface area (Å²) in [6.07, 6.45) is -4.47. The van der Waals surface area contributed by atoms with Crippen LogP contribution in [0.15, 0.2) is 30.3 Å². The van der Waals surface area contributed by atoms with Gasteiger partial charge in [-0.25, -0.2) is 14.8 Å². The SMILES string of the molecule is Cc1cc(N2CCOCC2)nc(CNC(=O)Nc2cccc(C(F)(F)F)c2)n1. The van der Waals surface area contributed by atoms with E-state index in [9.17, 15) is 18.0 Å². The molecule has 28 heavy (non-hydrogen) atoms. The maximum absolute atomic E-state index is 12.7. The van der Waals surface area contributed by atoms with E-state index in [1.54, 1.807) is 0 Å². The Morgan fingerprint density at radius 2 is 1.96 bits per heavy atom. The number of hydrogen-bond acceptors (Lipinski definition) is 5. The Hall–Kier alpha value is -2.88. The predicted octanol–water partition coefficient (Wildman–Crippen LogP) is 2.96. The van der Waals surface area contributed by atoms with Crippen molar-refractivity contribution in [3.63, 3.8) is 0 Å². The lowest BCUT2D eigenvalue weighted by Gasteiger charge is -2.28. The number of nitrogens with zero attached hydrogens (tertiary/aromatic N) is 3. The molecule has 0 aliphatic carbocycles. The first-order valence-electron chi connectivity index (χ1n) is 8.70. The van der Waals surface area contributed by atoms with Crippen LogP contribution in [-0.4, -0.2) is 42.3 Å². The number of hydrogen-bond donors (Lipinski definition) is 2. The Balaban J connectivity index is 1.61. The predicted molar refractivity (Wildman–Crippen MR) is 97.1 cm³/mol. The minimum absolute atomic E-state index is 0.0455. The van der Waals surface area contributed by atoms with Crippen molar-refractivity contribution in [3.8, 4) is 0 Å². The summed E-state index contributed by atoms with van der Waals surface area (Å²) in [5, 5.41) is 4.95. The molecule has 0 radical (unpaired) electrons. The largest absolute Gasteiger partial charge is 0.416 e. The van der Waals surface area contributed by atoms with Gasteiger partial charge in [0, 0.05) is 30.5 Å². The van der Waals surface area contributed by atoms with Crippen LogP contribution in [0, 0.1) is 6.92 Å². The van der Waals surface area contributed by atoms with Crippen molar-refractivity contribution >= 4 is 17.5 Å². The Kier molecular flexibility index (Phi) is 5.98. The van der Waals surface area contributed by atoms with Gasteiger partial charge in [-0.15, -0.1) is 0 Å². The number of amides is 2. The molecule has 1 saturated heterocycles. The van der Waals surface area contributed by atoms with Crippen LogP contribution >= 0.6 is 0 Å². The van der Waals surface area contributed by atoms with Gasteiger partial charge in [0.1, 0.15) is 11.6 Å². The molecule has 10 heteroatoms. The average Bonchev–Trinajstić information content (AvgIpc) is 2.66. The van der Waals surface area contributed by atoms with E-state index in [1.807, 2.05) is 13.0 Å². The molecule has 1 aromatic heterocycles. The summed E-state index contributed by atoms with van der Waals surface area (Å²) in [6.45, 7) is 4.56. The zero-order valence-corrected chi connectivity index (χ0v) is 15.2. The van der Waals surface area contributed by atoms with Crippen LogP contribution < -0.4 is 15.5 Å². The van der Waals surface area contributed by atoms with Crippen LogP contribution in [0.4, 0.5) is 29.5 Å². The van der Waals surface area contributed by atoms with Crippen molar-refractivity contribution < 1.29 is 22.7 Å². The third-order valence-corrected chi connectivity index (χ3v) is 4.08. The number of carbonyl (C=O) groups excluding carboxylic acids is 1. The van der Waals surface area contributed by atoms with Gasteiger partial charge in [-0.1, -0.05) is 6.07 Å². The molecular formula is C18H20F3N5O2. The molecule has 7 nitrogen and oxygen atoms in total. The minimum atomic E-state index is -4.47. The number of alkyl halides is 3. The van der Waals surface area contributed by atoms with E-state index in [2.05, 4.69) is 25.5 Å². The molecule has 1 aliphatic heterocycles. The number of carbonyl (C=O) groups is 1. The molecule has 0 unspecified atom stereocenters. The summed E-state index contributed by atoms with van der Waals surface area (Å²) in [4.78, 5) is 22.9. The molecule has 0 atom stereocenters. The highest BCUT2D eigenvalue weighted by atomic mass is 19.4. The van der Waals surface area contributed by atoms with Gasteiger partial charge in [0.15, 0.2) is 0 Å². The first kappa shape index (κ1) is 19.9. The molecule has 2 aromatic rings. The van der Waals surface area contributed by atoms with Crippen molar-refractivity contribution in [2.24, 2.45) is 0 Å². The Morgan fingerprint density at radius 3 is 2.68 bits per heavy atom. The van der Waals surface area contributed by atoms with Crippen LogP contribution in [0.3, 0.4) is 0 Å². The zero-order valence-electron chi connectivity index (χ0n) is 15.2. The summed E-state index contributed by atoms with van der Waals surface area (Å²) in [5.41, 5.74) is -0.0273. The van der Waals surface area contributed by atoms with E-state index in [1.165, 1.54) is 12.1 Å². The van der Waals surface area contributed by atoms with Crippen LogP contribution in [-0.2, 0) is 17.5 Å². The maximum Gasteiger partial charge on any atom is 0.416 e. The molecule has 0 bridgehead atoms. The number of halogens is 3. The molecule has 3 rings (SSSR count). The van der Waals surface area contributed by atoms with E-state index in [4.69, 9.17) is 4.74 Å². The van der Waals surface area contributed by atoms with Crippen molar-refractivity contribution in [1.29, 1.82) is 0 Å². The highest BCUT2D eigenvalue weighted by Gasteiger charge is 2.30. The second-order valence-corrected chi connectivity index (χ2v) is 6.27. The standard InChI is InChI=1S/C18H20F3N5O2/c1-12-9-16(26-5-7-28-8-6-26)25-15(23-12)11-22-17(27)24-14-4-2-3-13(10-14)18(19,20)21/h2-4,9-10H,5-8,11H2,1H3,(H2,22,24,27). The van der Waals surface area contributed by atoms with Crippen LogP contribution in [0.1, 0.15) is 17.1 Å². The molecule has 150 valence electrons. The minimum Gasteiger partial charge on any atom is -0.378 e. The quantitative estimate of drug-likeness (QED) is 0.832. The van der Waals surface area contributed by atoms with Gasteiger partial charge in [0.2, 0.25) is 0 Å². The maximum atomic E-state index is 12.7. The third kappa shape index (κ3) is 5.32. The Labute approximate surface area is 159 Å². The molecule has 1 aromatic carbocycles. The monoisotopic (exact) mass is 395 g/mol. The average molecular weight is 395 g/mol. The van der Waals surface area contributed by atoms with Crippen LogP contribution in [0.25, 0.3) is 0 Å². The summed E-state index contributed by atoms with van der Waals surface area (Å²) in [7, 11) is 0. The number of morpholine rings is 1. The summed E-state index contributed by atoms with van der Waals surface area (Å²) in [5.74, 6) is 1.17. The van der Waals surface area contributed by atoms with Gasteiger partial charge in [-0.2, -0.15) is 13.2 Å². The molecule has 1 aliphatic rings. The van der Waals surface area contributed by atoms with Crippen LogP contribution in [0.5, 0.6) is 0 Å². The van der Waals surface area contributed by atoms with E-state index in [0.29, 0.717) is 19.0 Å². The van der Waals surface area contributed by atoms with E-state index < -0.39 is 17.8 Å². The topological polar surface area (TPSA) is 79.4 Å². The lowest BCUT2D eigenvalue weighted by atomic mass is 10.2. The van der Waals surface area contributed by atoms with E-state index in [0.717, 1.165) is 36.7 Å². The number of benzene rings is 1. The molecule has 2 amide bonds. The number of anilines is 2. The number of aromatic nitrogens is 2. The van der Waals surface area contributed by atoms with Gasteiger partial charge in [0.05, 0.1) is 25.3 Å². The molecule has 0 spiro atoms. The van der Waals surface area contributed by atoms with Crippen molar-refractivity contribution in [3.05, 3.63) is 47.4 Å². The molecular weight excluding hydrogens is 375 g/mol. The number of ether oxygens (including phenoxy) is 1. The molecule has 0 saturated carbocycles. The fourth-order valence-corrected chi connectivity index (χ4v) is 2.75. The first-order valence-corrected chi connectivity index (χ1v) is 8.70. The molecule has 2 heterocycles. The van der Waals surface area contributed by atoms with Gasteiger partial charge in [-0.05, 0) is 25.1 Å². The fourth-order valence-electron chi connectivity index (χ4n) is 2.75. The first-order chi connectivity index (χ1) is 13.3. The highest BCUT2D eigenvalue weighted by Crippen LogP contribution is 2.30. The van der Waals surface area contributed by atoms with E-state index >= 15 is 0 Å². The number of aryl methyl sites for hydroxylation is 1. The molecule has 2 N–H and O–H groups in total. The Bertz CT molecular complexity index is 838. The summed E-state index contributed by atoms with van der Waals surface area (Å²) in [6, 6.07) is 5.65. The number of urea groups is 1. The van der Waals surface area contributed by atoms with Crippen molar-refractivity contribution in [1.82, 2.24) is 15.3 Å².